The largest absolute Gasteiger partial charge is 0.385 e. The van der Waals surface area contributed by atoms with Gasteiger partial charge in [0.2, 0.25) is 0 Å². The van der Waals surface area contributed by atoms with Gasteiger partial charge < -0.3 is 19.5 Å². The fraction of sp³-hybridized carbons (Fsp3) is 0.343. The molecule has 40 heavy (non-hydrogen) atoms. The van der Waals surface area contributed by atoms with E-state index in [9.17, 15) is 4.79 Å². The smallest absolute Gasteiger partial charge is 0.251 e. The Labute approximate surface area is 237 Å². The van der Waals surface area contributed by atoms with Crippen LogP contribution in [0.4, 0.5) is 0 Å². The number of carbonyl (C=O) groups excluding carboxylic acids is 1. The number of nitrogens with zero attached hydrogens (tertiary/aromatic N) is 2. The van der Waals surface area contributed by atoms with Crippen molar-refractivity contribution < 1.29 is 9.53 Å². The molecule has 6 rings (SSSR count). The number of amides is 1. The minimum atomic E-state index is 0.187. The van der Waals surface area contributed by atoms with Crippen molar-refractivity contribution in [2.24, 2.45) is 0 Å². The van der Waals surface area contributed by atoms with Crippen LogP contribution in [-0.2, 0) is 22.6 Å². The van der Waals surface area contributed by atoms with Crippen LogP contribution in [-0.4, -0.2) is 48.2 Å². The Morgan fingerprint density at radius 1 is 0.950 bits per heavy atom. The van der Waals surface area contributed by atoms with Crippen molar-refractivity contribution in [3.63, 3.8) is 0 Å². The first-order chi connectivity index (χ1) is 19.7. The summed E-state index contributed by atoms with van der Waals surface area (Å²) in [5, 5.41) is 4.74. The first kappa shape index (κ1) is 26.5. The molecule has 0 saturated heterocycles. The van der Waals surface area contributed by atoms with Gasteiger partial charge in [0, 0.05) is 62.1 Å². The molecule has 0 unspecified atom stereocenters. The summed E-state index contributed by atoms with van der Waals surface area (Å²) in [7, 11) is 1.76. The maximum atomic E-state index is 14.3. The van der Waals surface area contributed by atoms with E-state index in [-0.39, 0.29) is 5.91 Å². The predicted octanol–water partition coefficient (Wildman–Crippen LogP) is 6.67. The SMILES string of the molecule is COCCCCn1cc(CN(C(=O)C2=C(c3cccc(-c4ccccc4)c3)CCNC2)C2CC2)c2ccccc21. The molecule has 5 heteroatoms. The first-order valence-corrected chi connectivity index (χ1v) is 14.7. The van der Waals surface area contributed by atoms with E-state index in [1.807, 2.05) is 6.07 Å². The zero-order valence-electron chi connectivity index (χ0n) is 23.4. The molecule has 0 bridgehead atoms. The number of aromatic nitrogens is 1. The number of ether oxygens (including phenoxy) is 1. The van der Waals surface area contributed by atoms with Gasteiger partial charge in [0.05, 0.1) is 0 Å². The van der Waals surface area contributed by atoms with Crippen molar-refractivity contribution in [2.75, 3.05) is 26.8 Å². The number of benzene rings is 3. The predicted molar refractivity (Wildman–Crippen MR) is 163 cm³/mol. The van der Waals surface area contributed by atoms with E-state index in [4.69, 9.17) is 4.74 Å². The lowest BCUT2D eigenvalue weighted by molar-refractivity contribution is -0.128. The van der Waals surface area contributed by atoms with Crippen molar-refractivity contribution in [1.82, 2.24) is 14.8 Å². The lowest BCUT2D eigenvalue weighted by atomic mass is 9.91. The number of aryl methyl sites for hydroxylation is 1. The summed E-state index contributed by atoms with van der Waals surface area (Å²) in [6.07, 6.45) is 7.42. The van der Waals surface area contributed by atoms with Gasteiger partial charge in [0.1, 0.15) is 0 Å². The molecular weight excluding hydrogens is 494 g/mol. The van der Waals surface area contributed by atoms with Crippen LogP contribution >= 0.6 is 0 Å². The van der Waals surface area contributed by atoms with Gasteiger partial charge in [-0.25, -0.2) is 0 Å². The van der Waals surface area contributed by atoms with Gasteiger partial charge in [0.15, 0.2) is 0 Å². The van der Waals surface area contributed by atoms with Gasteiger partial charge in [0.25, 0.3) is 5.91 Å². The van der Waals surface area contributed by atoms with Crippen molar-refractivity contribution in [1.29, 1.82) is 0 Å². The summed E-state index contributed by atoms with van der Waals surface area (Å²) >= 11 is 0. The Kier molecular flexibility index (Phi) is 8.12. The summed E-state index contributed by atoms with van der Waals surface area (Å²) in [4.78, 5) is 16.5. The summed E-state index contributed by atoms with van der Waals surface area (Å²) in [6, 6.07) is 28.1. The maximum absolute atomic E-state index is 14.3. The molecule has 1 amide bonds. The number of methoxy groups -OCH3 is 1. The van der Waals surface area contributed by atoms with Crippen LogP contribution in [0.25, 0.3) is 27.6 Å². The number of fused-ring (bicyclic) bond motifs is 1. The highest BCUT2D eigenvalue weighted by Gasteiger charge is 2.36. The van der Waals surface area contributed by atoms with Gasteiger partial charge in [-0.1, -0.05) is 66.7 Å². The third-order valence-electron chi connectivity index (χ3n) is 8.25. The summed E-state index contributed by atoms with van der Waals surface area (Å²) < 4.78 is 7.61. The molecule has 0 atom stereocenters. The Bertz CT molecular complexity index is 1500. The minimum absolute atomic E-state index is 0.187. The van der Waals surface area contributed by atoms with E-state index in [2.05, 4.69) is 93.8 Å². The molecule has 1 aliphatic heterocycles. The number of hydrogen-bond acceptors (Lipinski definition) is 3. The number of rotatable bonds is 11. The standard InChI is InChI=1S/C35H39N3O2/c1-40-21-8-7-20-37-24-29(32-14-5-6-15-34(32)37)25-38(30-16-17-30)35(39)33-23-36-19-18-31(33)28-13-9-12-27(22-28)26-10-3-2-4-11-26/h2-6,9-15,22,24,30,36H,7-8,16-21,23,25H2,1H3. The highest BCUT2D eigenvalue weighted by molar-refractivity contribution is 6.02. The second-order valence-electron chi connectivity index (χ2n) is 11.1. The molecular formula is C35H39N3O2. The van der Waals surface area contributed by atoms with E-state index in [1.54, 1.807) is 7.11 Å². The number of unbranched alkanes of at least 4 members (excludes halogenated alkanes) is 1. The quantitative estimate of drug-likeness (QED) is 0.219. The topological polar surface area (TPSA) is 46.5 Å². The molecule has 1 N–H and O–H groups in total. The number of carbonyl (C=O) groups is 1. The molecule has 3 aromatic carbocycles. The van der Waals surface area contributed by atoms with Gasteiger partial charge in [-0.2, -0.15) is 0 Å². The van der Waals surface area contributed by atoms with Crippen LogP contribution in [0, 0.1) is 0 Å². The fourth-order valence-electron chi connectivity index (χ4n) is 6.00. The summed E-state index contributed by atoms with van der Waals surface area (Å²) in [5.74, 6) is 0.187. The zero-order chi connectivity index (χ0) is 27.3. The Hall–Kier alpha value is -3.67. The second-order valence-corrected chi connectivity index (χ2v) is 11.1. The van der Waals surface area contributed by atoms with Crippen molar-refractivity contribution in [2.45, 2.75) is 51.2 Å². The minimum Gasteiger partial charge on any atom is -0.385 e. The highest BCUT2D eigenvalue weighted by Crippen LogP contribution is 2.35. The van der Waals surface area contributed by atoms with E-state index in [0.717, 1.165) is 62.9 Å². The van der Waals surface area contributed by atoms with Crippen LogP contribution in [0.15, 0.2) is 90.6 Å². The average molecular weight is 534 g/mol. The average Bonchev–Trinajstić information content (AvgIpc) is 3.80. The molecule has 206 valence electrons. The Morgan fingerprint density at radius 2 is 1.73 bits per heavy atom. The maximum Gasteiger partial charge on any atom is 0.251 e. The Balaban J connectivity index is 1.30. The van der Waals surface area contributed by atoms with E-state index in [1.165, 1.54) is 33.2 Å². The molecule has 5 nitrogen and oxygen atoms in total. The van der Waals surface area contributed by atoms with Crippen LogP contribution < -0.4 is 5.32 Å². The lowest BCUT2D eigenvalue weighted by Gasteiger charge is -2.28. The van der Waals surface area contributed by atoms with E-state index >= 15 is 0 Å². The van der Waals surface area contributed by atoms with Gasteiger partial charge >= 0.3 is 0 Å². The third kappa shape index (κ3) is 5.77. The monoisotopic (exact) mass is 533 g/mol. The van der Waals surface area contributed by atoms with Crippen molar-refractivity contribution in [3.8, 4) is 11.1 Å². The van der Waals surface area contributed by atoms with Crippen LogP contribution in [0.1, 0.15) is 43.2 Å². The van der Waals surface area contributed by atoms with Gasteiger partial charge in [-0.15, -0.1) is 0 Å². The molecule has 0 radical (unpaired) electrons. The summed E-state index contributed by atoms with van der Waals surface area (Å²) in [6.45, 7) is 3.90. The van der Waals surface area contributed by atoms with E-state index < -0.39 is 0 Å². The molecule has 1 saturated carbocycles. The van der Waals surface area contributed by atoms with E-state index in [0.29, 0.717) is 19.1 Å². The summed E-state index contributed by atoms with van der Waals surface area (Å²) in [5.41, 5.74) is 8.14. The fourth-order valence-corrected chi connectivity index (χ4v) is 6.00. The molecule has 1 fully saturated rings. The molecule has 4 aromatic rings. The third-order valence-corrected chi connectivity index (χ3v) is 8.25. The number of para-hydroxylation sites is 1. The number of hydrogen-bond donors (Lipinski definition) is 1. The lowest BCUT2D eigenvalue weighted by Crippen LogP contribution is -2.39. The van der Waals surface area contributed by atoms with Gasteiger partial charge in [-0.05, 0) is 78.6 Å². The molecule has 1 aromatic heterocycles. The van der Waals surface area contributed by atoms with Crippen LogP contribution in [0.3, 0.4) is 0 Å². The van der Waals surface area contributed by atoms with Crippen LogP contribution in [0.2, 0.25) is 0 Å². The number of nitrogens with one attached hydrogen (secondary N) is 1. The second kappa shape index (κ2) is 12.2. The highest BCUT2D eigenvalue weighted by atomic mass is 16.5. The molecule has 2 heterocycles. The normalized spacial score (nSPS) is 15.5. The molecule has 0 spiro atoms. The Morgan fingerprint density at radius 3 is 2.55 bits per heavy atom. The zero-order valence-corrected chi connectivity index (χ0v) is 23.4. The molecule has 2 aliphatic rings. The first-order valence-electron chi connectivity index (χ1n) is 14.7. The van der Waals surface area contributed by atoms with Crippen molar-refractivity contribution in [3.05, 3.63) is 102 Å². The van der Waals surface area contributed by atoms with Gasteiger partial charge in [-0.3, -0.25) is 4.79 Å². The van der Waals surface area contributed by atoms with Crippen LogP contribution in [0.5, 0.6) is 0 Å². The van der Waals surface area contributed by atoms with Crippen molar-refractivity contribution >= 4 is 22.4 Å². The molecule has 1 aliphatic carbocycles.